The second-order valence-electron chi connectivity index (χ2n) is 5.13. The number of aromatic nitrogens is 4. The lowest BCUT2D eigenvalue weighted by molar-refractivity contribution is -0.132. The number of hydrogen-bond acceptors (Lipinski definition) is 5. The SMILES string of the molecule is Cl.O=C(Cn1nnc(-c2ccc(Cl)cc2)n1)N1CCCNCC1. The molecular weight excluding hydrogens is 339 g/mol. The van der Waals surface area contributed by atoms with Gasteiger partial charge in [-0.05, 0) is 42.4 Å². The maximum Gasteiger partial charge on any atom is 0.246 e. The molecule has 1 aromatic heterocycles. The third kappa shape index (κ3) is 4.63. The average Bonchev–Trinajstić information content (AvgIpc) is 2.81. The Labute approximate surface area is 145 Å². The Hall–Kier alpha value is -1.70. The van der Waals surface area contributed by atoms with Gasteiger partial charge in [-0.15, -0.1) is 22.6 Å². The van der Waals surface area contributed by atoms with Gasteiger partial charge in [-0.1, -0.05) is 11.6 Å². The molecule has 1 saturated heterocycles. The van der Waals surface area contributed by atoms with E-state index in [4.69, 9.17) is 11.6 Å². The van der Waals surface area contributed by atoms with Gasteiger partial charge in [0, 0.05) is 30.2 Å². The van der Waals surface area contributed by atoms with E-state index < -0.39 is 0 Å². The summed E-state index contributed by atoms with van der Waals surface area (Å²) in [6.45, 7) is 3.38. The number of tetrazole rings is 1. The third-order valence-electron chi connectivity index (χ3n) is 3.52. The molecule has 9 heteroatoms. The van der Waals surface area contributed by atoms with Crippen molar-refractivity contribution in [2.75, 3.05) is 26.2 Å². The molecule has 1 fully saturated rings. The number of hydrogen-bond donors (Lipinski definition) is 1. The van der Waals surface area contributed by atoms with E-state index in [1.807, 2.05) is 17.0 Å². The summed E-state index contributed by atoms with van der Waals surface area (Å²) < 4.78 is 0. The molecule has 124 valence electrons. The Balaban J connectivity index is 0.00000192. The van der Waals surface area contributed by atoms with Crippen LogP contribution in [0.3, 0.4) is 0 Å². The summed E-state index contributed by atoms with van der Waals surface area (Å²) >= 11 is 5.86. The van der Waals surface area contributed by atoms with Gasteiger partial charge in [-0.25, -0.2) is 0 Å². The van der Waals surface area contributed by atoms with Crippen LogP contribution in [-0.2, 0) is 11.3 Å². The van der Waals surface area contributed by atoms with Gasteiger partial charge in [-0.3, -0.25) is 4.79 Å². The molecule has 0 atom stereocenters. The molecule has 3 rings (SSSR count). The van der Waals surface area contributed by atoms with Gasteiger partial charge in [-0.2, -0.15) is 4.80 Å². The van der Waals surface area contributed by atoms with Crippen molar-refractivity contribution in [2.45, 2.75) is 13.0 Å². The second-order valence-corrected chi connectivity index (χ2v) is 5.57. The first-order chi connectivity index (χ1) is 10.7. The van der Waals surface area contributed by atoms with E-state index in [0.717, 1.165) is 38.2 Å². The van der Waals surface area contributed by atoms with Crippen molar-refractivity contribution in [2.24, 2.45) is 0 Å². The predicted octanol–water partition coefficient (Wildman–Crippen LogP) is 1.24. The quantitative estimate of drug-likeness (QED) is 0.895. The van der Waals surface area contributed by atoms with E-state index in [2.05, 4.69) is 20.7 Å². The molecule has 0 radical (unpaired) electrons. The third-order valence-corrected chi connectivity index (χ3v) is 3.78. The van der Waals surface area contributed by atoms with E-state index in [9.17, 15) is 4.79 Å². The molecule has 0 spiro atoms. The lowest BCUT2D eigenvalue weighted by Crippen LogP contribution is -2.36. The van der Waals surface area contributed by atoms with Crippen molar-refractivity contribution in [3.05, 3.63) is 29.3 Å². The fourth-order valence-corrected chi connectivity index (χ4v) is 2.47. The van der Waals surface area contributed by atoms with Crippen molar-refractivity contribution in [3.63, 3.8) is 0 Å². The Morgan fingerprint density at radius 2 is 2.00 bits per heavy atom. The van der Waals surface area contributed by atoms with Crippen LogP contribution in [0.4, 0.5) is 0 Å². The molecule has 23 heavy (non-hydrogen) atoms. The van der Waals surface area contributed by atoms with Crippen molar-refractivity contribution in [1.82, 2.24) is 30.4 Å². The highest BCUT2D eigenvalue weighted by Gasteiger charge is 2.17. The zero-order chi connectivity index (χ0) is 15.4. The Morgan fingerprint density at radius 1 is 1.22 bits per heavy atom. The van der Waals surface area contributed by atoms with Crippen LogP contribution in [0.2, 0.25) is 5.02 Å². The van der Waals surface area contributed by atoms with Crippen molar-refractivity contribution in [1.29, 1.82) is 0 Å². The number of carbonyl (C=O) groups is 1. The Morgan fingerprint density at radius 3 is 2.78 bits per heavy atom. The smallest absolute Gasteiger partial charge is 0.246 e. The highest BCUT2D eigenvalue weighted by Crippen LogP contribution is 2.16. The van der Waals surface area contributed by atoms with E-state index in [1.54, 1.807) is 12.1 Å². The van der Waals surface area contributed by atoms with Gasteiger partial charge in [0.25, 0.3) is 0 Å². The van der Waals surface area contributed by atoms with Gasteiger partial charge in [0.05, 0.1) is 0 Å². The second kappa shape index (κ2) is 8.24. The molecule has 1 amide bonds. The Bertz CT molecular complexity index is 637. The highest BCUT2D eigenvalue weighted by atomic mass is 35.5. The normalized spacial score (nSPS) is 14.9. The zero-order valence-corrected chi connectivity index (χ0v) is 14.1. The standard InChI is InChI=1S/C14H17ClN6O.ClH/c15-12-4-2-11(3-5-12)14-17-19-21(18-14)10-13(22)20-8-1-6-16-7-9-20;/h2-5,16H,1,6-10H2;1H. The molecule has 1 N–H and O–H groups in total. The van der Waals surface area contributed by atoms with Gasteiger partial charge < -0.3 is 10.2 Å². The van der Waals surface area contributed by atoms with Gasteiger partial charge in [0.2, 0.25) is 11.7 Å². The summed E-state index contributed by atoms with van der Waals surface area (Å²) in [5, 5.41) is 16.1. The van der Waals surface area contributed by atoms with Crippen LogP contribution in [0.25, 0.3) is 11.4 Å². The molecule has 1 aliphatic heterocycles. The topological polar surface area (TPSA) is 75.9 Å². The number of nitrogens with one attached hydrogen (secondary N) is 1. The van der Waals surface area contributed by atoms with Crippen LogP contribution in [0.15, 0.2) is 24.3 Å². The number of carbonyl (C=O) groups excluding carboxylic acids is 1. The van der Waals surface area contributed by atoms with E-state index in [-0.39, 0.29) is 24.9 Å². The van der Waals surface area contributed by atoms with Crippen molar-refractivity contribution in [3.8, 4) is 11.4 Å². The molecule has 2 heterocycles. The minimum Gasteiger partial charge on any atom is -0.340 e. The Kier molecular flexibility index (Phi) is 6.32. The fourth-order valence-electron chi connectivity index (χ4n) is 2.34. The number of nitrogens with zero attached hydrogens (tertiary/aromatic N) is 5. The first kappa shape index (κ1) is 17.7. The maximum atomic E-state index is 12.3. The molecule has 0 bridgehead atoms. The molecular formula is C14H18Cl2N6O. The van der Waals surface area contributed by atoms with Gasteiger partial charge in [0.15, 0.2) is 0 Å². The first-order valence-corrected chi connectivity index (χ1v) is 7.62. The minimum absolute atomic E-state index is 0. The summed E-state index contributed by atoms with van der Waals surface area (Å²) in [5.41, 5.74) is 0.821. The number of rotatable bonds is 3. The lowest BCUT2D eigenvalue weighted by atomic mass is 10.2. The molecule has 2 aromatic rings. The van der Waals surface area contributed by atoms with E-state index in [0.29, 0.717) is 10.8 Å². The van der Waals surface area contributed by atoms with Gasteiger partial charge in [0.1, 0.15) is 6.54 Å². The van der Waals surface area contributed by atoms with Crippen LogP contribution in [0.5, 0.6) is 0 Å². The number of halogens is 2. The fraction of sp³-hybridized carbons (Fsp3) is 0.429. The lowest BCUT2D eigenvalue weighted by Gasteiger charge is -2.19. The predicted molar refractivity (Wildman–Crippen MR) is 89.6 cm³/mol. The molecule has 0 saturated carbocycles. The monoisotopic (exact) mass is 356 g/mol. The molecule has 0 unspecified atom stereocenters. The maximum absolute atomic E-state index is 12.3. The largest absolute Gasteiger partial charge is 0.340 e. The number of benzene rings is 1. The summed E-state index contributed by atoms with van der Waals surface area (Å²) in [4.78, 5) is 15.4. The van der Waals surface area contributed by atoms with Crippen LogP contribution in [-0.4, -0.2) is 57.2 Å². The van der Waals surface area contributed by atoms with Crippen molar-refractivity contribution >= 4 is 29.9 Å². The van der Waals surface area contributed by atoms with E-state index in [1.165, 1.54) is 4.80 Å². The molecule has 1 aromatic carbocycles. The summed E-state index contributed by atoms with van der Waals surface area (Å²) in [5.74, 6) is 0.505. The van der Waals surface area contributed by atoms with Crippen LogP contribution in [0.1, 0.15) is 6.42 Å². The first-order valence-electron chi connectivity index (χ1n) is 7.24. The van der Waals surface area contributed by atoms with Crippen LogP contribution in [0, 0.1) is 0 Å². The number of amides is 1. The minimum atomic E-state index is 0. The summed E-state index contributed by atoms with van der Waals surface area (Å²) in [6, 6.07) is 7.19. The summed E-state index contributed by atoms with van der Waals surface area (Å²) in [7, 11) is 0. The van der Waals surface area contributed by atoms with E-state index >= 15 is 0 Å². The zero-order valence-electron chi connectivity index (χ0n) is 12.5. The van der Waals surface area contributed by atoms with Crippen LogP contribution < -0.4 is 5.32 Å². The molecule has 0 aliphatic carbocycles. The average molecular weight is 357 g/mol. The summed E-state index contributed by atoms with van der Waals surface area (Å²) in [6.07, 6.45) is 0.965. The van der Waals surface area contributed by atoms with Gasteiger partial charge >= 0.3 is 0 Å². The van der Waals surface area contributed by atoms with Crippen LogP contribution >= 0.6 is 24.0 Å². The molecule has 7 nitrogen and oxygen atoms in total. The molecule has 1 aliphatic rings. The van der Waals surface area contributed by atoms with Crippen molar-refractivity contribution < 1.29 is 4.79 Å². The highest BCUT2D eigenvalue weighted by molar-refractivity contribution is 6.30.